The fourth-order valence-corrected chi connectivity index (χ4v) is 1.28. The molecule has 0 radical (unpaired) electrons. The Morgan fingerprint density at radius 2 is 2.00 bits per heavy atom. The molecule has 1 N–H and O–H groups in total. The SMILES string of the molecule is C#CCN(C(C)=O)C(C(=O)O)C(C)C. The summed E-state index contributed by atoms with van der Waals surface area (Å²) in [6, 6.07) is -0.844. The molecule has 0 heterocycles. The van der Waals surface area contributed by atoms with Crippen LogP contribution >= 0.6 is 0 Å². The lowest BCUT2D eigenvalue weighted by molar-refractivity contribution is -0.150. The van der Waals surface area contributed by atoms with Gasteiger partial charge in [0.25, 0.3) is 0 Å². The number of carboxylic acids is 1. The summed E-state index contributed by atoms with van der Waals surface area (Å²) in [5.74, 6) is 0.780. The number of aliphatic carboxylic acids is 1. The van der Waals surface area contributed by atoms with E-state index in [4.69, 9.17) is 11.5 Å². The van der Waals surface area contributed by atoms with Gasteiger partial charge in [0.1, 0.15) is 6.04 Å². The number of carbonyl (C=O) groups is 2. The maximum absolute atomic E-state index is 11.2. The Morgan fingerprint density at radius 1 is 1.50 bits per heavy atom. The molecule has 0 saturated carbocycles. The Hall–Kier alpha value is -1.50. The van der Waals surface area contributed by atoms with Crippen molar-refractivity contribution in [2.24, 2.45) is 5.92 Å². The molecule has 0 aliphatic heterocycles. The van der Waals surface area contributed by atoms with Crippen molar-refractivity contribution < 1.29 is 14.7 Å². The number of hydrogen-bond donors (Lipinski definition) is 1. The summed E-state index contributed by atoms with van der Waals surface area (Å²) >= 11 is 0. The van der Waals surface area contributed by atoms with Crippen molar-refractivity contribution in [3.63, 3.8) is 0 Å². The van der Waals surface area contributed by atoms with Crippen LogP contribution < -0.4 is 0 Å². The Bertz CT molecular complexity index is 265. The van der Waals surface area contributed by atoms with Crippen molar-refractivity contribution in [3.05, 3.63) is 0 Å². The number of nitrogens with zero attached hydrogens (tertiary/aromatic N) is 1. The summed E-state index contributed by atoms with van der Waals surface area (Å²) in [6.45, 7) is 4.83. The first kappa shape index (κ1) is 12.5. The van der Waals surface area contributed by atoms with Crippen LogP contribution in [0.25, 0.3) is 0 Å². The van der Waals surface area contributed by atoms with E-state index in [9.17, 15) is 9.59 Å². The zero-order valence-corrected chi connectivity index (χ0v) is 8.65. The molecule has 4 heteroatoms. The molecule has 1 unspecified atom stereocenters. The third-order valence-corrected chi connectivity index (χ3v) is 1.89. The van der Waals surface area contributed by atoms with Crippen LogP contribution in [-0.4, -0.2) is 34.5 Å². The van der Waals surface area contributed by atoms with Gasteiger partial charge in [0.15, 0.2) is 0 Å². The molecular formula is C10H15NO3. The van der Waals surface area contributed by atoms with Gasteiger partial charge in [0, 0.05) is 6.92 Å². The van der Waals surface area contributed by atoms with Crippen molar-refractivity contribution in [2.45, 2.75) is 26.8 Å². The lowest BCUT2D eigenvalue weighted by Gasteiger charge is -2.28. The molecule has 1 atom stereocenters. The molecule has 1 amide bonds. The molecule has 78 valence electrons. The van der Waals surface area contributed by atoms with Crippen LogP contribution in [0.3, 0.4) is 0 Å². The second-order valence-corrected chi connectivity index (χ2v) is 3.38. The van der Waals surface area contributed by atoms with Gasteiger partial charge < -0.3 is 10.0 Å². The smallest absolute Gasteiger partial charge is 0.326 e. The Balaban J connectivity index is 4.84. The van der Waals surface area contributed by atoms with E-state index in [1.807, 2.05) is 0 Å². The van der Waals surface area contributed by atoms with Crippen LogP contribution in [0.2, 0.25) is 0 Å². The summed E-state index contributed by atoms with van der Waals surface area (Å²) in [6.07, 6.45) is 5.07. The van der Waals surface area contributed by atoms with Crippen molar-refractivity contribution in [1.29, 1.82) is 0 Å². The second-order valence-electron chi connectivity index (χ2n) is 3.38. The van der Waals surface area contributed by atoms with Crippen LogP contribution in [0.15, 0.2) is 0 Å². The molecule has 0 aromatic rings. The minimum absolute atomic E-state index is 0.0322. The van der Waals surface area contributed by atoms with Crippen LogP contribution in [-0.2, 0) is 9.59 Å². The lowest BCUT2D eigenvalue weighted by atomic mass is 10.0. The molecule has 0 aliphatic carbocycles. The van der Waals surface area contributed by atoms with E-state index in [-0.39, 0.29) is 18.4 Å². The van der Waals surface area contributed by atoms with Gasteiger partial charge >= 0.3 is 5.97 Å². The number of rotatable bonds is 4. The van der Waals surface area contributed by atoms with Gasteiger partial charge in [-0.2, -0.15) is 0 Å². The number of amides is 1. The predicted molar refractivity (Wildman–Crippen MR) is 52.5 cm³/mol. The quantitative estimate of drug-likeness (QED) is 0.670. The summed E-state index contributed by atoms with van der Waals surface area (Å²) < 4.78 is 0. The Kier molecular flexibility index (Phi) is 4.71. The number of terminal acetylenes is 1. The highest BCUT2D eigenvalue weighted by atomic mass is 16.4. The number of hydrogen-bond acceptors (Lipinski definition) is 2. The van der Waals surface area contributed by atoms with Gasteiger partial charge in [0.2, 0.25) is 5.91 Å². The van der Waals surface area contributed by atoms with Crippen LogP contribution in [0.5, 0.6) is 0 Å². The molecule has 0 aromatic carbocycles. The van der Waals surface area contributed by atoms with E-state index in [0.29, 0.717) is 0 Å². The lowest BCUT2D eigenvalue weighted by Crippen LogP contribution is -2.47. The molecule has 0 bridgehead atoms. The Morgan fingerprint density at radius 3 is 2.21 bits per heavy atom. The van der Waals surface area contributed by atoms with E-state index in [2.05, 4.69) is 5.92 Å². The summed E-state index contributed by atoms with van der Waals surface area (Å²) in [7, 11) is 0. The second kappa shape index (κ2) is 5.28. The highest BCUT2D eigenvalue weighted by molar-refractivity contribution is 5.82. The van der Waals surface area contributed by atoms with Crippen molar-refractivity contribution >= 4 is 11.9 Å². The van der Waals surface area contributed by atoms with Crippen molar-refractivity contribution in [1.82, 2.24) is 4.90 Å². The first-order valence-corrected chi connectivity index (χ1v) is 4.35. The third-order valence-electron chi connectivity index (χ3n) is 1.89. The molecule has 0 aliphatic rings. The monoisotopic (exact) mass is 197 g/mol. The van der Waals surface area contributed by atoms with Crippen molar-refractivity contribution in [2.75, 3.05) is 6.54 Å². The first-order valence-electron chi connectivity index (χ1n) is 4.35. The summed E-state index contributed by atoms with van der Waals surface area (Å²) in [5, 5.41) is 8.93. The average molecular weight is 197 g/mol. The predicted octanol–water partition coefficient (Wildman–Crippen LogP) is 0.577. The van der Waals surface area contributed by atoms with Gasteiger partial charge in [-0.15, -0.1) is 6.42 Å². The molecule has 4 nitrogen and oxygen atoms in total. The highest BCUT2D eigenvalue weighted by Crippen LogP contribution is 2.11. The van der Waals surface area contributed by atoms with Gasteiger partial charge in [-0.3, -0.25) is 4.79 Å². The zero-order chi connectivity index (χ0) is 11.3. The van der Waals surface area contributed by atoms with Crippen LogP contribution in [0.4, 0.5) is 0 Å². The standard InChI is InChI=1S/C10H15NO3/c1-5-6-11(8(4)12)9(7(2)3)10(13)14/h1,7,9H,6H2,2-4H3,(H,13,14). The molecule has 0 saturated heterocycles. The van der Waals surface area contributed by atoms with Crippen molar-refractivity contribution in [3.8, 4) is 12.3 Å². The fourth-order valence-electron chi connectivity index (χ4n) is 1.28. The van der Waals surface area contributed by atoms with Crippen LogP contribution in [0.1, 0.15) is 20.8 Å². The molecule has 0 rings (SSSR count). The maximum Gasteiger partial charge on any atom is 0.326 e. The van der Waals surface area contributed by atoms with E-state index in [1.54, 1.807) is 13.8 Å². The van der Waals surface area contributed by atoms with E-state index in [1.165, 1.54) is 11.8 Å². The minimum atomic E-state index is -1.02. The normalized spacial score (nSPS) is 11.9. The number of carbonyl (C=O) groups excluding carboxylic acids is 1. The van der Waals surface area contributed by atoms with Gasteiger partial charge in [-0.25, -0.2) is 4.79 Å². The van der Waals surface area contributed by atoms with Gasteiger partial charge in [-0.05, 0) is 5.92 Å². The molecule has 0 spiro atoms. The molecular weight excluding hydrogens is 182 g/mol. The topological polar surface area (TPSA) is 57.6 Å². The fraction of sp³-hybridized carbons (Fsp3) is 0.600. The maximum atomic E-state index is 11.2. The molecule has 0 fully saturated rings. The largest absolute Gasteiger partial charge is 0.480 e. The summed E-state index contributed by atoms with van der Waals surface area (Å²) in [4.78, 5) is 23.2. The minimum Gasteiger partial charge on any atom is -0.480 e. The summed E-state index contributed by atoms with van der Waals surface area (Å²) in [5.41, 5.74) is 0. The Labute approximate surface area is 83.9 Å². The van der Waals surface area contributed by atoms with E-state index >= 15 is 0 Å². The van der Waals surface area contributed by atoms with Gasteiger partial charge in [-0.1, -0.05) is 19.8 Å². The third kappa shape index (κ3) is 3.09. The molecule has 14 heavy (non-hydrogen) atoms. The highest BCUT2D eigenvalue weighted by Gasteiger charge is 2.29. The average Bonchev–Trinajstić information content (AvgIpc) is 2.01. The zero-order valence-electron chi connectivity index (χ0n) is 8.65. The number of carboxylic acid groups (broad SMARTS) is 1. The molecule has 0 aromatic heterocycles. The van der Waals surface area contributed by atoms with E-state index in [0.717, 1.165) is 0 Å². The first-order chi connectivity index (χ1) is 6.41. The van der Waals surface area contributed by atoms with E-state index < -0.39 is 12.0 Å². The van der Waals surface area contributed by atoms with Crippen LogP contribution in [0, 0.1) is 18.3 Å². The van der Waals surface area contributed by atoms with Gasteiger partial charge in [0.05, 0.1) is 6.54 Å².